The molecule has 1 fully saturated rings. The molecule has 0 aromatic carbocycles. The predicted octanol–water partition coefficient (Wildman–Crippen LogP) is 1.34. The minimum atomic E-state index is 0.737. The van der Waals surface area contributed by atoms with E-state index >= 15 is 0 Å². The Balaban J connectivity index is 2.41. The van der Waals surface area contributed by atoms with Gasteiger partial charge in [-0.05, 0) is 26.3 Å². The number of rotatable bonds is 3. The van der Waals surface area contributed by atoms with E-state index in [2.05, 4.69) is 26.6 Å². The second-order valence-electron chi connectivity index (χ2n) is 5.35. The van der Waals surface area contributed by atoms with Crippen molar-refractivity contribution in [3.63, 3.8) is 0 Å². The first-order valence-corrected chi connectivity index (χ1v) is 6.65. The summed E-state index contributed by atoms with van der Waals surface area (Å²) in [5.74, 6) is 1.05. The van der Waals surface area contributed by atoms with E-state index in [1.807, 2.05) is 28.2 Å². The lowest BCUT2D eigenvalue weighted by molar-refractivity contribution is 0.165. The molecular formula is C13H28N4. The van der Waals surface area contributed by atoms with Gasteiger partial charge < -0.3 is 9.80 Å². The minimum Gasteiger partial charge on any atom is -0.349 e. The summed E-state index contributed by atoms with van der Waals surface area (Å²) in [6.45, 7) is 5.57. The molecule has 0 aromatic rings. The SMILES string of the molecule is C[C@@H]1CCCCN1CCN=C(N(C)C)N(C)C. The van der Waals surface area contributed by atoms with Crippen molar-refractivity contribution in [3.05, 3.63) is 0 Å². The van der Waals surface area contributed by atoms with Gasteiger partial charge >= 0.3 is 0 Å². The van der Waals surface area contributed by atoms with Crippen molar-refractivity contribution in [2.24, 2.45) is 4.99 Å². The Labute approximate surface area is 106 Å². The zero-order valence-corrected chi connectivity index (χ0v) is 12.1. The molecular weight excluding hydrogens is 212 g/mol. The number of aliphatic imine (C=N–C) groups is 1. The summed E-state index contributed by atoms with van der Waals surface area (Å²) in [6, 6.07) is 0.737. The Morgan fingerprint density at radius 1 is 1.18 bits per heavy atom. The third-order valence-electron chi connectivity index (χ3n) is 3.38. The largest absolute Gasteiger partial charge is 0.349 e. The van der Waals surface area contributed by atoms with E-state index in [9.17, 15) is 0 Å². The highest BCUT2D eigenvalue weighted by Crippen LogP contribution is 2.15. The second kappa shape index (κ2) is 6.84. The minimum absolute atomic E-state index is 0.737. The number of hydrogen-bond acceptors (Lipinski definition) is 2. The number of hydrogen-bond donors (Lipinski definition) is 0. The monoisotopic (exact) mass is 240 g/mol. The summed E-state index contributed by atoms with van der Waals surface area (Å²) >= 11 is 0. The molecule has 1 aliphatic heterocycles. The third-order valence-corrected chi connectivity index (χ3v) is 3.38. The van der Waals surface area contributed by atoms with Gasteiger partial charge in [0.15, 0.2) is 5.96 Å². The average molecular weight is 240 g/mol. The molecule has 0 unspecified atom stereocenters. The van der Waals surface area contributed by atoms with Gasteiger partial charge in [0.25, 0.3) is 0 Å². The molecule has 4 heteroatoms. The molecule has 1 heterocycles. The summed E-state index contributed by atoms with van der Waals surface area (Å²) in [6.07, 6.45) is 4.09. The molecule has 0 aromatic heterocycles. The van der Waals surface area contributed by atoms with Crippen LogP contribution in [0.25, 0.3) is 0 Å². The van der Waals surface area contributed by atoms with Gasteiger partial charge in [0.2, 0.25) is 0 Å². The van der Waals surface area contributed by atoms with E-state index in [-0.39, 0.29) is 0 Å². The van der Waals surface area contributed by atoms with Gasteiger partial charge in [0, 0.05) is 40.8 Å². The summed E-state index contributed by atoms with van der Waals surface area (Å²) in [5.41, 5.74) is 0. The maximum absolute atomic E-state index is 4.68. The van der Waals surface area contributed by atoms with E-state index in [1.54, 1.807) is 0 Å². The fraction of sp³-hybridized carbons (Fsp3) is 0.923. The molecule has 0 radical (unpaired) electrons. The lowest BCUT2D eigenvalue weighted by atomic mass is 10.0. The Kier molecular flexibility index (Phi) is 5.75. The molecule has 1 rings (SSSR count). The molecule has 1 saturated heterocycles. The van der Waals surface area contributed by atoms with Gasteiger partial charge in [-0.1, -0.05) is 6.42 Å². The molecule has 0 N–H and O–H groups in total. The normalized spacial score (nSPS) is 21.1. The fourth-order valence-corrected chi connectivity index (χ4v) is 2.45. The van der Waals surface area contributed by atoms with Crippen molar-refractivity contribution in [3.8, 4) is 0 Å². The van der Waals surface area contributed by atoms with Crippen LogP contribution in [0.3, 0.4) is 0 Å². The van der Waals surface area contributed by atoms with Crippen molar-refractivity contribution in [2.45, 2.75) is 32.2 Å². The zero-order chi connectivity index (χ0) is 12.8. The van der Waals surface area contributed by atoms with E-state index < -0.39 is 0 Å². The van der Waals surface area contributed by atoms with E-state index in [1.165, 1.54) is 25.8 Å². The summed E-state index contributed by atoms with van der Waals surface area (Å²) in [5, 5.41) is 0. The molecule has 0 amide bonds. The fourth-order valence-electron chi connectivity index (χ4n) is 2.45. The quantitative estimate of drug-likeness (QED) is 0.549. The number of guanidine groups is 1. The molecule has 1 atom stereocenters. The van der Waals surface area contributed by atoms with E-state index in [0.717, 1.165) is 25.1 Å². The highest BCUT2D eigenvalue weighted by molar-refractivity contribution is 5.79. The third kappa shape index (κ3) is 4.54. The summed E-state index contributed by atoms with van der Waals surface area (Å²) in [4.78, 5) is 11.4. The van der Waals surface area contributed by atoms with Gasteiger partial charge in [0.1, 0.15) is 0 Å². The van der Waals surface area contributed by atoms with Crippen LogP contribution < -0.4 is 0 Å². The number of likely N-dealkylation sites (tertiary alicyclic amines) is 1. The predicted molar refractivity (Wildman–Crippen MR) is 74.6 cm³/mol. The van der Waals surface area contributed by atoms with Crippen LogP contribution in [-0.4, -0.2) is 74.5 Å². The Bertz CT molecular complexity index is 238. The van der Waals surface area contributed by atoms with Crippen LogP contribution in [-0.2, 0) is 0 Å². The van der Waals surface area contributed by atoms with Crippen LogP contribution in [0.5, 0.6) is 0 Å². The number of piperidine rings is 1. The first-order chi connectivity index (χ1) is 8.02. The Hall–Kier alpha value is -0.770. The van der Waals surface area contributed by atoms with Gasteiger partial charge in [-0.2, -0.15) is 0 Å². The standard InChI is InChI=1S/C13H28N4/c1-12-8-6-7-10-17(12)11-9-14-13(15(2)3)16(4)5/h12H,6-11H2,1-5H3/t12-/m1/s1. The summed E-state index contributed by atoms with van der Waals surface area (Å²) in [7, 11) is 8.18. The second-order valence-corrected chi connectivity index (χ2v) is 5.35. The van der Waals surface area contributed by atoms with Crippen molar-refractivity contribution < 1.29 is 0 Å². The zero-order valence-electron chi connectivity index (χ0n) is 12.1. The Morgan fingerprint density at radius 2 is 1.82 bits per heavy atom. The molecule has 0 bridgehead atoms. The van der Waals surface area contributed by atoms with E-state index in [4.69, 9.17) is 0 Å². The van der Waals surface area contributed by atoms with Gasteiger partial charge in [0.05, 0.1) is 6.54 Å². The molecule has 0 aliphatic carbocycles. The van der Waals surface area contributed by atoms with Gasteiger partial charge in [-0.3, -0.25) is 9.89 Å². The van der Waals surface area contributed by atoms with Crippen LogP contribution in [0, 0.1) is 0 Å². The molecule has 4 nitrogen and oxygen atoms in total. The molecule has 1 aliphatic rings. The number of nitrogens with zero attached hydrogens (tertiary/aromatic N) is 4. The topological polar surface area (TPSA) is 22.1 Å². The van der Waals surface area contributed by atoms with Crippen LogP contribution in [0.15, 0.2) is 4.99 Å². The van der Waals surface area contributed by atoms with Crippen LogP contribution in [0.4, 0.5) is 0 Å². The Morgan fingerprint density at radius 3 is 2.35 bits per heavy atom. The summed E-state index contributed by atoms with van der Waals surface area (Å²) < 4.78 is 0. The van der Waals surface area contributed by atoms with Crippen molar-refractivity contribution in [1.82, 2.24) is 14.7 Å². The first-order valence-electron chi connectivity index (χ1n) is 6.65. The molecule has 100 valence electrons. The van der Waals surface area contributed by atoms with Crippen LogP contribution in [0.2, 0.25) is 0 Å². The van der Waals surface area contributed by atoms with Crippen molar-refractivity contribution >= 4 is 5.96 Å². The lowest BCUT2D eigenvalue weighted by Crippen LogP contribution is -2.40. The smallest absolute Gasteiger partial charge is 0.195 e. The van der Waals surface area contributed by atoms with Gasteiger partial charge in [-0.15, -0.1) is 0 Å². The lowest BCUT2D eigenvalue weighted by Gasteiger charge is -2.33. The molecule has 0 saturated carbocycles. The van der Waals surface area contributed by atoms with Crippen molar-refractivity contribution in [2.75, 3.05) is 47.8 Å². The maximum Gasteiger partial charge on any atom is 0.195 e. The van der Waals surface area contributed by atoms with Crippen molar-refractivity contribution in [1.29, 1.82) is 0 Å². The van der Waals surface area contributed by atoms with E-state index in [0.29, 0.717) is 0 Å². The van der Waals surface area contributed by atoms with Gasteiger partial charge in [-0.25, -0.2) is 0 Å². The molecule has 0 spiro atoms. The average Bonchev–Trinajstić information content (AvgIpc) is 2.25. The first kappa shape index (κ1) is 14.3. The highest BCUT2D eigenvalue weighted by atomic mass is 15.3. The highest BCUT2D eigenvalue weighted by Gasteiger charge is 2.17. The van der Waals surface area contributed by atoms with Crippen LogP contribution in [0.1, 0.15) is 26.2 Å². The molecule has 17 heavy (non-hydrogen) atoms. The van der Waals surface area contributed by atoms with Crippen LogP contribution >= 0.6 is 0 Å². The maximum atomic E-state index is 4.68.